The predicted molar refractivity (Wildman–Crippen MR) is 61.4 cm³/mol. The Bertz CT molecular complexity index is 518. The third-order valence-corrected chi connectivity index (χ3v) is 2.59. The normalized spacial score (nSPS) is 10.6. The molecule has 0 aliphatic carbocycles. The van der Waals surface area contributed by atoms with E-state index in [2.05, 4.69) is 10.4 Å². The van der Waals surface area contributed by atoms with Gasteiger partial charge in [-0.15, -0.1) is 0 Å². The van der Waals surface area contributed by atoms with Crippen LogP contribution >= 0.6 is 0 Å². The molecule has 0 saturated carbocycles. The van der Waals surface area contributed by atoms with Crippen LogP contribution in [0.15, 0.2) is 24.5 Å². The van der Waals surface area contributed by atoms with Gasteiger partial charge < -0.3 is 4.57 Å². The largest absolute Gasteiger partial charge is 0.330 e. The zero-order chi connectivity index (χ0) is 11.5. The van der Waals surface area contributed by atoms with E-state index in [0.29, 0.717) is 13.0 Å². The summed E-state index contributed by atoms with van der Waals surface area (Å²) >= 11 is 0. The number of aryl methyl sites for hydroxylation is 2. The fourth-order valence-electron chi connectivity index (χ4n) is 1.71. The van der Waals surface area contributed by atoms with Crippen LogP contribution in [0.5, 0.6) is 0 Å². The minimum atomic E-state index is -0.172. The van der Waals surface area contributed by atoms with E-state index in [4.69, 9.17) is 5.84 Å². The molecule has 84 valence electrons. The summed E-state index contributed by atoms with van der Waals surface area (Å²) < 4.78 is 1.96. The summed E-state index contributed by atoms with van der Waals surface area (Å²) in [6, 6.07) is 6.00. The van der Waals surface area contributed by atoms with E-state index in [-0.39, 0.29) is 5.91 Å². The van der Waals surface area contributed by atoms with Crippen LogP contribution in [0, 0.1) is 6.92 Å². The smallest absolute Gasteiger partial charge is 0.235 e. The average Bonchev–Trinajstić information content (AvgIpc) is 2.70. The van der Waals surface area contributed by atoms with Crippen molar-refractivity contribution in [1.82, 2.24) is 15.0 Å². The third-order valence-electron chi connectivity index (χ3n) is 2.59. The molecule has 3 N–H and O–H groups in total. The number of nitrogens with one attached hydrogen (secondary N) is 1. The van der Waals surface area contributed by atoms with E-state index in [9.17, 15) is 4.79 Å². The van der Waals surface area contributed by atoms with Gasteiger partial charge in [-0.1, -0.05) is 12.1 Å². The fourth-order valence-corrected chi connectivity index (χ4v) is 1.71. The molecule has 16 heavy (non-hydrogen) atoms. The number of hydrogen-bond donors (Lipinski definition) is 2. The summed E-state index contributed by atoms with van der Waals surface area (Å²) in [5.41, 5.74) is 5.28. The minimum Gasteiger partial charge on any atom is -0.330 e. The van der Waals surface area contributed by atoms with Crippen LogP contribution in [0.4, 0.5) is 0 Å². The summed E-state index contributed by atoms with van der Waals surface area (Å²) in [5.74, 6) is 4.85. The van der Waals surface area contributed by atoms with Crippen molar-refractivity contribution in [2.24, 2.45) is 5.84 Å². The number of para-hydroxylation sites is 1. The van der Waals surface area contributed by atoms with Gasteiger partial charge in [0.05, 0.1) is 17.4 Å². The lowest BCUT2D eigenvalue weighted by Crippen LogP contribution is -2.30. The van der Waals surface area contributed by atoms with Crippen molar-refractivity contribution < 1.29 is 4.79 Å². The molecule has 1 aromatic carbocycles. The molecule has 0 aliphatic rings. The molecule has 0 atom stereocenters. The highest BCUT2D eigenvalue weighted by atomic mass is 16.2. The number of hydrogen-bond acceptors (Lipinski definition) is 3. The predicted octanol–water partition coefficient (Wildman–Crippen LogP) is 0.725. The van der Waals surface area contributed by atoms with Crippen LogP contribution in [-0.2, 0) is 11.3 Å². The van der Waals surface area contributed by atoms with E-state index in [1.165, 1.54) is 0 Å². The lowest BCUT2D eigenvalue weighted by molar-refractivity contribution is -0.121. The van der Waals surface area contributed by atoms with Gasteiger partial charge >= 0.3 is 0 Å². The molecule has 2 rings (SSSR count). The lowest BCUT2D eigenvalue weighted by atomic mass is 10.2. The average molecular weight is 218 g/mol. The second-order valence-electron chi connectivity index (χ2n) is 3.70. The maximum absolute atomic E-state index is 11.0. The molecule has 1 amide bonds. The molecule has 2 aromatic rings. The van der Waals surface area contributed by atoms with Crippen molar-refractivity contribution in [1.29, 1.82) is 0 Å². The van der Waals surface area contributed by atoms with Crippen LogP contribution in [0.25, 0.3) is 11.0 Å². The van der Waals surface area contributed by atoms with Gasteiger partial charge in [-0.3, -0.25) is 10.2 Å². The zero-order valence-corrected chi connectivity index (χ0v) is 9.10. The molecule has 0 unspecified atom stereocenters. The molecule has 0 bridgehead atoms. The van der Waals surface area contributed by atoms with Gasteiger partial charge in [0.25, 0.3) is 0 Å². The van der Waals surface area contributed by atoms with E-state index >= 15 is 0 Å². The number of imidazole rings is 1. The highest BCUT2D eigenvalue weighted by molar-refractivity contribution is 5.79. The van der Waals surface area contributed by atoms with Gasteiger partial charge in [-0.25, -0.2) is 10.8 Å². The van der Waals surface area contributed by atoms with Crippen molar-refractivity contribution in [3.63, 3.8) is 0 Å². The molecular weight excluding hydrogens is 204 g/mol. The standard InChI is InChI=1S/C11H14N4O/c1-8-3-2-4-9-11(8)13-7-15(9)6-5-10(16)14-12/h2-4,7H,5-6,12H2,1H3,(H,14,16). The number of aromatic nitrogens is 2. The van der Waals surface area contributed by atoms with Crippen molar-refractivity contribution in [2.45, 2.75) is 19.9 Å². The first-order valence-corrected chi connectivity index (χ1v) is 5.12. The maximum Gasteiger partial charge on any atom is 0.235 e. The van der Waals surface area contributed by atoms with Crippen molar-refractivity contribution >= 4 is 16.9 Å². The first-order valence-electron chi connectivity index (χ1n) is 5.12. The second kappa shape index (κ2) is 4.32. The number of amides is 1. The first-order chi connectivity index (χ1) is 7.72. The van der Waals surface area contributed by atoms with Crippen molar-refractivity contribution in [3.05, 3.63) is 30.1 Å². The SMILES string of the molecule is Cc1cccc2c1ncn2CCC(=O)NN. The Balaban J connectivity index is 2.25. The molecule has 0 saturated heterocycles. The number of benzene rings is 1. The van der Waals surface area contributed by atoms with E-state index in [1.54, 1.807) is 6.33 Å². The molecule has 0 fully saturated rings. The Labute approximate surface area is 93.2 Å². The molecule has 0 radical (unpaired) electrons. The Morgan fingerprint density at radius 3 is 3.12 bits per heavy atom. The van der Waals surface area contributed by atoms with Crippen LogP contribution in [-0.4, -0.2) is 15.5 Å². The summed E-state index contributed by atoms with van der Waals surface area (Å²) in [4.78, 5) is 15.4. The topological polar surface area (TPSA) is 72.9 Å². The molecule has 1 heterocycles. The Kier molecular flexibility index (Phi) is 2.87. The number of nitrogens with zero attached hydrogens (tertiary/aromatic N) is 2. The van der Waals surface area contributed by atoms with Crippen LogP contribution in [0.1, 0.15) is 12.0 Å². The van der Waals surface area contributed by atoms with Crippen LogP contribution < -0.4 is 11.3 Å². The maximum atomic E-state index is 11.0. The molecule has 0 spiro atoms. The highest BCUT2D eigenvalue weighted by Gasteiger charge is 2.05. The summed E-state index contributed by atoms with van der Waals surface area (Å²) in [6.45, 7) is 2.61. The number of hydrazine groups is 1. The first kappa shape index (κ1) is 10.6. The van der Waals surface area contributed by atoms with Gasteiger partial charge in [0, 0.05) is 13.0 Å². The molecule has 5 nitrogen and oxygen atoms in total. The summed E-state index contributed by atoms with van der Waals surface area (Å²) in [6.07, 6.45) is 2.11. The number of carbonyl (C=O) groups excluding carboxylic acids is 1. The van der Waals surface area contributed by atoms with E-state index in [1.807, 2.05) is 29.7 Å². The number of carbonyl (C=O) groups is 1. The fraction of sp³-hybridized carbons (Fsp3) is 0.273. The van der Waals surface area contributed by atoms with Crippen molar-refractivity contribution in [3.8, 4) is 0 Å². The summed E-state index contributed by atoms with van der Waals surface area (Å²) in [7, 11) is 0. The number of fused-ring (bicyclic) bond motifs is 1. The lowest BCUT2D eigenvalue weighted by Gasteiger charge is -2.03. The quantitative estimate of drug-likeness (QED) is 0.453. The van der Waals surface area contributed by atoms with Gasteiger partial charge in [-0.2, -0.15) is 0 Å². The van der Waals surface area contributed by atoms with Gasteiger partial charge in [-0.05, 0) is 18.6 Å². The number of rotatable bonds is 3. The highest BCUT2D eigenvalue weighted by Crippen LogP contribution is 2.16. The van der Waals surface area contributed by atoms with Gasteiger partial charge in [0.1, 0.15) is 0 Å². The number of nitrogens with two attached hydrogens (primary N) is 1. The Hall–Kier alpha value is -1.88. The monoisotopic (exact) mass is 218 g/mol. The minimum absolute atomic E-state index is 0.172. The van der Waals surface area contributed by atoms with E-state index < -0.39 is 0 Å². The van der Waals surface area contributed by atoms with Crippen molar-refractivity contribution in [2.75, 3.05) is 0 Å². The molecule has 1 aromatic heterocycles. The molecule has 5 heteroatoms. The van der Waals surface area contributed by atoms with E-state index in [0.717, 1.165) is 16.6 Å². The van der Waals surface area contributed by atoms with Gasteiger partial charge in [0.2, 0.25) is 5.91 Å². The molecular formula is C11H14N4O. The Morgan fingerprint density at radius 1 is 1.56 bits per heavy atom. The van der Waals surface area contributed by atoms with Gasteiger partial charge in [0.15, 0.2) is 0 Å². The third kappa shape index (κ3) is 1.90. The molecule has 0 aliphatic heterocycles. The second-order valence-corrected chi connectivity index (χ2v) is 3.70. The summed E-state index contributed by atoms with van der Waals surface area (Å²) in [5, 5.41) is 0. The van der Waals surface area contributed by atoms with Crippen LogP contribution in [0.3, 0.4) is 0 Å². The van der Waals surface area contributed by atoms with Crippen LogP contribution in [0.2, 0.25) is 0 Å². The zero-order valence-electron chi connectivity index (χ0n) is 9.10. The Morgan fingerprint density at radius 2 is 2.38 bits per heavy atom.